The number of hydrogen-bond donors (Lipinski definition) is 0. The summed E-state index contributed by atoms with van der Waals surface area (Å²) in [6.07, 6.45) is 1.98. The summed E-state index contributed by atoms with van der Waals surface area (Å²) in [7, 11) is 0. The van der Waals surface area contributed by atoms with E-state index in [2.05, 4.69) is 28.2 Å². The van der Waals surface area contributed by atoms with Crippen molar-refractivity contribution in [2.24, 2.45) is 0 Å². The number of fused-ring (bicyclic) bond motifs is 1. The second-order valence-corrected chi connectivity index (χ2v) is 5.78. The Hall–Kier alpha value is -1.46. The van der Waals surface area contributed by atoms with Gasteiger partial charge in [-0.05, 0) is 31.0 Å². The zero-order valence-corrected chi connectivity index (χ0v) is 11.1. The van der Waals surface area contributed by atoms with Gasteiger partial charge in [0.25, 0.3) is 0 Å². The molecule has 1 amide bonds. The number of rotatable bonds is 3. The van der Waals surface area contributed by atoms with Crippen molar-refractivity contribution in [3.63, 3.8) is 0 Å². The third-order valence-corrected chi connectivity index (χ3v) is 4.15. The minimum Gasteiger partial charge on any atom is -0.278 e. The highest BCUT2D eigenvalue weighted by Crippen LogP contribution is 2.24. The van der Waals surface area contributed by atoms with E-state index in [-0.39, 0.29) is 0 Å². The van der Waals surface area contributed by atoms with Crippen LogP contribution in [0.15, 0.2) is 18.2 Å². The van der Waals surface area contributed by atoms with Crippen LogP contribution in [0.1, 0.15) is 17.0 Å². The molecule has 2 heterocycles. The fourth-order valence-corrected chi connectivity index (χ4v) is 3.26. The van der Waals surface area contributed by atoms with Crippen LogP contribution < -0.4 is 0 Å². The van der Waals surface area contributed by atoms with E-state index in [1.165, 1.54) is 10.3 Å². The largest absolute Gasteiger partial charge is 0.278 e. The van der Waals surface area contributed by atoms with Crippen LogP contribution in [-0.2, 0) is 11.3 Å². The lowest BCUT2D eigenvalue weighted by Gasteiger charge is -2.23. The fraction of sp³-hybridized carbons (Fsp3) is 0.385. The van der Waals surface area contributed by atoms with Gasteiger partial charge < -0.3 is 0 Å². The third-order valence-electron chi connectivity index (χ3n) is 3.21. The Morgan fingerprint density at radius 3 is 3.17 bits per heavy atom. The molecule has 18 heavy (non-hydrogen) atoms. The molecule has 0 radical (unpaired) electrons. The van der Waals surface area contributed by atoms with Crippen LogP contribution >= 0.6 is 11.3 Å². The second-order valence-electron chi connectivity index (χ2n) is 4.55. The number of thiazole rings is 1. The van der Waals surface area contributed by atoms with Gasteiger partial charge in [0.05, 0.1) is 15.2 Å². The normalized spacial score (nSPS) is 16.6. The van der Waals surface area contributed by atoms with Gasteiger partial charge in [-0.1, -0.05) is 6.07 Å². The van der Waals surface area contributed by atoms with E-state index < -0.39 is 0 Å². The lowest BCUT2D eigenvalue weighted by atomic mass is 10.2. The molecular formula is C13H15N3OS. The summed E-state index contributed by atoms with van der Waals surface area (Å²) in [5.74, 6) is 0. The van der Waals surface area contributed by atoms with Crippen molar-refractivity contribution in [1.29, 1.82) is 0 Å². The van der Waals surface area contributed by atoms with E-state index >= 15 is 0 Å². The minimum atomic E-state index is 0.797. The summed E-state index contributed by atoms with van der Waals surface area (Å²) in [4.78, 5) is 15.4. The molecule has 1 saturated heterocycles. The van der Waals surface area contributed by atoms with Gasteiger partial charge in [0.15, 0.2) is 0 Å². The molecule has 94 valence electrons. The quantitative estimate of drug-likeness (QED) is 0.795. The van der Waals surface area contributed by atoms with Crippen molar-refractivity contribution in [3.05, 3.63) is 28.8 Å². The van der Waals surface area contributed by atoms with E-state index in [0.29, 0.717) is 0 Å². The molecule has 2 aromatic rings. The van der Waals surface area contributed by atoms with E-state index in [1.807, 2.05) is 6.92 Å². The predicted molar refractivity (Wildman–Crippen MR) is 72.2 cm³/mol. The van der Waals surface area contributed by atoms with E-state index in [0.717, 1.165) is 43.0 Å². The molecule has 1 fully saturated rings. The van der Waals surface area contributed by atoms with Crippen molar-refractivity contribution in [2.75, 3.05) is 13.1 Å². The van der Waals surface area contributed by atoms with Gasteiger partial charge in [-0.2, -0.15) is 0 Å². The number of benzene rings is 1. The van der Waals surface area contributed by atoms with Gasteiger partial charge in [-0.15, -0.1) is 11.3 Å². The Balaban J connectivity index is 1.83. The SMILES string of the molecule is Cc1nc2ccc(CN3CCCN3C=O)cc2s1. The number of amides is 1. The Morgan fingerprint density at radius 2 is 2.33 bits per heavy atom. The van der Waals surface area contributed by atoms with Crippen LogP contribution in [0.2, 0.25) is 0 Å². The Labute approximate surface area is 110 Å². The maximum Gasteiger partial charge on any atom is 0.224 e. The molecule has 0 aliphatic carbocycles. The van der Waals surface area contributed by atoms with Crippen LogP contribution in [0.25, 0.3) is 10.2 Å². The average molecular weight is 261 g/mol. The first-order chi connectivity index (χ1) is 8.76. The zero-order valence-electron chi connectivity index (χ0n) is 10.3. The van der Waals surface area contributed by atoms with Crippen molar-refractivity contribution in [2.45, 2.75) is 19.9 Å². The smallest absolute Gasteiger partial charge is 0.224 e. The van der Waals surface area contributed by atoms with Crippen LogP contribution in [0.4, 0.5) is 0 Å². The zero-order chi connectivity index (χ0) is 12.5. The number of carbonyl (C=O) groups is 1. The van der Waals surface area contributed by atoms with Crippen molar-refractivity contribution >= 4 is 28.0 Å². The topological polar surface area (TPSA) is 36.4 Å². The number of nitrogens with zero attached hydrogens (tertiary/aromatic N) is 3. The van der Waals surface area contributed by atoms with Gasteiger partial charge in [0.1, 0.15) is 0 Å². The Kier molecular flexibility index (Phi) is 3.01. The summed E-state index contributed by atoms with van der Waals surface area (Å²) >= 11 is 1.72. The molecular weight excluding hydrogens is 246 g/mol. The molecule has 0 N–H and O–H groups in total. The summed E-state index contributed by atoms with van der Waals surface area (Å²) in [6.45, 7) is 4.62. The number of hydrazine groups is 1. The Morgan fingerprint density at radius 1 is 1.44 bits per heavy atom. The van der Waals surface area contributed by atoms with Gasteiger partial charge in [-0.25, -0.2) is 9.99 Å². The molecule has 1 aromatic carbocycles. The molecule has 5 heteroatoms. The molecule has 0 bridgehead atoms. The maximum absolute atomic E-state index is 10.9. The summed E-state index contributed by atoms with van der Waals surface area (Å²) < 4.78 is 1.22. The maximum atomic E-state index is 10.9. The van der Waals surface area contributed by atoms with Gasteiger partial charge in [-0.3, -0.25) is 9.80 Å². The van der Waals surface area contributed by atoms with Gasteiger partial charge in [0, 0.05) is 19.6 Å². The first-order valence-electron chi connectivity index (χ1n) is 6.09. The lowest BCUT2D eigenvalue weighted by Crippen LogP contribution is -2.34. The standard InChI is InChI=1S/C13H15N3OS/c1-10-14-12-4-3-11(7-13(12)18-10)8-15-5-2-6-16(15)9-17/h3-4,7,9H,2,5-6,8H2,1H3. The molecule has 0 unspecified atom stereocenters. The monoisotopic (exact) mass is 261 g/mol. The number of aryl methyl sites for hydroxylation is 1. The highest BCUT2D eigenvalue weighted by Gasteiger charge is 2.20. The highest BCUT2D eigenvalue weighted by molar-refractivity contribution is 7.18. The summed E-state index contributed by atoms with van der Waals surface area (Å²) in [6, 6.07) is 6.35. The molecule has 1 aliphatic heterocycles. The minimum absolute atomic E-state index is 0.797. The number of hydrogen-bond acceptors (Lipinski definition) is 4. The van der Waals surface area contributed by atoms with Crippen LogP contribution in [-0.4, -0.2) is 34.5 Å². The van der Waals surface area contributed by atoms with Crippen molar-refractivity contribution in [3.8, 4) is 0 Å². The van der Waals surface area contributed by atoms with Crippen molar-refractivity contribution < 1.29 is 4.79 Å². The summed E-state index contributed by atoms with van der Waals surface area (Å²) in [5, 5.41) is 4.96. The molecule has 4 nitrogen and oxygen atoms in total. The molecule has 0 saturated carbocycles. The predicted octanol–water partition coefficient (Wildman–Crippen LogP) is 2.18. The van der Waals surface area contributed by atoms with E-state index in [9.17, 15) is 4.79 Å². The molecule has 3 rings (SSSR count). The molecule has 1 aliphatic rings. The van der Waals surface area contributed by atoms with Crippen LogP contribution in [0, 0.1) is 6.92 Å². The van der Waals surface area contributed by atoms with E-state index in [4.69, 9.17) is 0 Å². The number of aromatic nitrogens is 1. The van der Waals surface area contributed by atoms with Crippen LogP contribution in [0.3, 0.4) is 0 Å². The second kappa shape index (κ2) is 4.66. The highest BCUT2D eigenvalue weighted by atomic mass is 32.1. The first kappa shape index (κ1) is 11.6. The van der Waals surface area contributed by atoms with Crippen molar-refractivity contribution in [1.82, 2.24) is 15.0 Å². The van der Waals surface area contributed by atoms with Gasteiger partial charge >= 0.3 is 0 Å². The van der Waals surface area contributed by atoms with Crippen LogP contribution in [0.5, 0.6) is 0 Å². The molecule has 0 spiro atoms. The molecule has 1 aromatic heterocycles. The van der Waals surface area contributed by atoms with Gasteiger partial charge in [0.2, 0.25) is 6.41 Å². The van der Waals surface area contributed by atoms with E-state index in [1.54, 1.807) is 16.3 Å². The Bertz CT molecular complexity index is 581. The first-order valence-corrected chi connectivity index (χ1v) is 6.91. The lowest BCUT2D eigenvalue weighted by molar-refractivity contribution is -0.129. The fourth-order valence-electron chi connectivity index (χ4n) is 2.37. The molecule has 0 atom stereocenters. The third kappa shape index (κ3) is 2.11. The average Bonchev–Trinajstić information content (AvgIpc) is 2.93. The number of carbonyl (C=O) groups excluding carboxylic acids is 1. The summed E-state index contributed by atoms with van der Waals surface area (Å²) in [5.41, 5.74) is 2.30.